The van der Waals surface area contributed by atoms with Crippen molar-refractivity contribution in [2.45, 2.75) is 6.42 Å². The maximum atomic E-state index is 11.5. The first-order chi connectivity index (χ1) is 9.26. The van der Waals surface area contributed by atoms with Crippen LogP contribution in [0.2, 0.25) is 0 Å². The molecule has 0 fully saturated rings. The van der Waals surface area contributed by atoms with E-state index in [0.29, 0.717) is 6.42 Å². The highest BCUT2D eigenvalue weighted by atomic mass is 16.5. The molecule has 1 aliphatic carbocycles. The SMILES string of the molecule is COC1=CC=C2C(=C(C=O)c3ccccc3N2C)C1. The van der Waals surface area contributed by atoms with Crippen LogP contribution in [0.3, 0.4) is 0 Å². The van der Waals surface area contributed by atoms with Gasteiger partial charge in [0, 0.05) is 36.0 Å². The highest BCUT2D eigenvalue weighted by molar-refractivity contribution is 6.13. The number of fused-ring (bicyclic) bond motifs is 2. The summed E-state index contributed by atoms with van der Waals surface area (Å²) in [5.41, 5.74) is 4.93. The van der Waals surface area contributed by atoms with Crippen LogP contribution >= 0.6 is 0 Å². The van der Waals surface area contributed by atoms with Crippen LogP contribution < -0.4 is 4.90 Å². The third-order valence-corrected chi connectivity index (χ3v) is 3.71. The fourth-order valence-corrected chi connectivity index (χ4v) is 2.70. The van der Waals surface area contributed by atoms with Crippen LogP contribution in [-0.4, -0.2) is 20.4 Å². The number of methoxy groups -OCH3 is 1. The molecule has 1 aromatic rings. The largest absolute Gasteiger partial charge is 0.501 e. The Labute approximate surface area is 112 Å². The van der Waals surface area contributed by atoms with Crippen LogP contribution in [0.5, 0.6) is 0 Å². The number of para-hydroxylation sites is 1. The Bertz CT molecular complexity index is 638. The third-order valence-electron chi connectivity index (χ3n) is 3.71. The van der Waals surface area contributed by atoms with Crippen molar-refractivity contribution in [1.82, 2.24) is 0 Å². The Morgan fingerprint density at radius 3 is 2.79 bits per heavy atom. The number of allylic oxidation sites excluding steroid dienone is 5. The molecule has 3 heteroatoms. The fraction of sp³-hybridized carbons (Fsp3) is 0.188. The number of aldehydes is 1. The second-order valence-corrected chi connectivity index (χ2v) is 4.65. The van der Waals surface area contributed by atoms with Gasteiger partial charge in [0.2, 0.25) is 0 Å². The van der Waals surface area contributed by atoms with Gasteiger partial charge in [-0.05, 0) is 23.8 Å². The number of benzene rings is 1. The summed E-state index contributed by atoms with van der Waals surface area (Å²) < 4.78 is 5.30. The van der Waals surface area contributed by atoms with Crippen LogP contribution in [-0.2, 0) is 9.53 Å². The summed E-state index contributed by atoms with van der Waals surface area (Å²) in [5.74, 6) is 0.880. The van der Waals surface area contributed by atoms with E-state index >= 15 is 0 Å². The Balaban J connectivity index is 2.24. The van der Waals surface area contributed by atoms with Gasteiger partial charge in [0.05, 0.1) is 7.11 Å². The van der Waals surface area contributed by atoms with E-state index in [2.05, 4.69) is 4.90 Å². The summed E-state index contributed by atoms with van der Waals surface area (Å²) in [6.45, 7) is 0. The highest BCUT2D eigenvalue weighted by Crippen LogP contribution is 2.42. The van der Waals surface area contributed by atoms with E-state index < -0.39 is 0 Å². The van der Waals surface area contributed by atoms with E-state index in [1.807, 2.05) is 43.5 Å². The predicted octanol–water partition coefficient (Wildman–Crippen LogP) is 2.91. The van der Waals surface area contributed by atoms with Gasteiger partial charge in [-0.25, -0.2) is 0 Å². The zero-order valence-electron chi connectivity index (χ0n) is 11.0. The van der Waals surface area contributed by atoms with Crippen molar-refractivity contribution in [1.29, 1.82) is 0 Å². The van der Waals surface area contributed by atoms with Crippen LogP contribution in [0.25, 0.3) is 5.57 Å². The molecule has 2 aliphatic rings. The zero-order chi connectivity index (χ0) is 13.4. The summed E-state index contributed by atoms with van der Waals surface area (Å²) in [4.78, 5) is 13.6. The molecule has 0 amide bonds. The van der Waals surface area contributed by atoms with Gasteiger partial charge in [0.15, 0.2) is 6.29 Å². The van der Waals surface area contributed by atoms with Crippen molar-refractivity contribution in [3.63, 3.8) is 0 Å². The molecule has 3 rings (SSSR count). The molecule has 3 nitrogen and oxygen atoms in total. The molecule has 0 unspecified atom stereocenters. The number of carbonyl (C=O) groups excluding carboxylic acids is 1. The number of hydrogen-bond donors (Lipinski definition) is 0. The topological polar surface area (TPSA) is 29.5 Å². The molecule has 0 bridgehead atoms. The van der Waals surface area contributed by atoms with Crippen LogP contribution in [0.1, 0.15) is 12.0 Å². The summed E-state index contributed by atoms with van der Waals surface area (Å²) in [6, 6.07) is 7.97. The summed E-state index contributed by atoms with van der Waals surface area (Å²) >= 11 is 0. The monoisotopic (exact) mass is 253 g/mol. The fourth-order valence-electron chi connectivity index (χ4n) is 2.70. The van der Waals surface area contributed by atoms with Gasteiger partial charge in [-0.15, -0.1) is 0 Å². The van der Waals surface area contributed by atoms with E-state index in [-0.39, 0.29) is 0 Å². The molecule has 96 valence electrons. The molecule has 0 spiro atoms. The molecule has 0 atom stereocenters. The second kappa shape index (κ2) is 4.43. The molecule has 0 radical (unpaired) electrons. The molecule has 0 saturated heterocycles. The van der Waals surface area contributed by atoms with Crippen LogP contribution in [0.4, 0.5) is 5.69 Å². The number of likely N-dealkylation sites (N-methyl/N-ethyl adjacent to an activating group) is 1. The van der Waals surface area contributed by atoms with Gasteiger partial charge < -0.3 is 9.64 Å². The second-order valence-electron chi connectivity index (χ2n) is 4.65. The molecular weight excluding hydrogens is 238 g/mol. The minimum absolute atomic E-state index is 0.662. The lowest BCUT2D eigenvalue weighted by molar-refractivity contribution is -0.103. The molecular formula is C16H15NO2. The average molecular weight is 253 g/mol. The van der Waals surface area contributed by atoms with Gasteiger partial charge in [0.1, 0.15) is 5.76 Å². The van der Waals surface area contributed by atoms with Crippen LogP contribution in [0, 0.1) is 0 Å². The Morgan fingerprint density at radius 1 is 1.26 bits per heavy atom. The van der Waals surface area contributed by atoms with Gasteiger partial charge in [0.25, 0.3) is 0 Å². The first-order valence-corrected chi connectivity index (χ1v) is 6.23. The zero-order valence-corrected chi connectivity index (χ0v) is 11.0. The van der Waals surface area contributed by atoms with Gasteiger partial charge in [-0.1, -0.05) is 18.2 Å². The summed E-state index contributed by atoms with van der Waals surface area (Å²) in [6.07, 6.45) is 5.59. The molecule has 19 heavy (non-hydrogen) atoms. The molecule has 0 saturated carbocycles. The van der Waals surface area contributed by atoms with Crippen molar-refractivity contribution in [3.8, 4) is 0 Å². The van der Waals surface area contributed by atoms with Crippen LogP contribution in [0.15, 0.2) is 53.4 Å². The van der Waals surface area contributed by atoms with Crippen molar-refractivity contribution in [2.24, 2.45) is 0 Å². The number of anilines is 1. The Kier molecular flexibility index (Phi) is 2.75. The lowest BCUT2D eigenvalue weighted by atomic mass is 9.87. The van der Waals surface area contributed by atoms with E-state index in [4.69, 9.17) is 4.74 Å². The lowest BCUT2D eigenvalue weighted by Gasteiger charge is -2.34. The van der Waals surface area contributed by atoms with Crippen molar-refractivity contribution < 1.29 is 9.53 Å². The van der Waals surface area contributed by atoms with Crippen molar-refractivity contribution in [2.75, 3.05) is 19.1 Å². The summed E-state index contributed by atoms with van der Waals surface area (Å²) in [5, 5.41) is 0. The number of nitrogens with zero attached hydrogens (tertiary/aromatic N) is 1. The first kappa shape index (κ1) is 11.8. The molecule has 0 aromatic heterocycles. The van der Waals surface area contributed by atoms with Gasteiger partial charge >= 0.3 is 0 Å². The maximum Gasteiger partial charge on any atom is 0.151 e. The number of carbonyl (C=O) groups is 1. The molecule has 1 heterocycles. The van der Waals surface area contributed by atoms with E-state index in [1.54, 1.807) is 7.11 Å². The highest BCUT2D eigenvalue weighted by Gasteiger charge is 2.28. The Hall–Kier alpha value is -2.29. The van der Waals surface area contributed by atoms with E-state index in [1.165, 1.54) is 0 Å². The molecule has 1 aromatic carbocycles. The maximum absolute atomic E-state index is 11.5. The number of hydrogen-bond acceptors (Lipinski definition) is 3. The average Bonchev–Trinajstić information content (AvgIpc) is 2.47. The smallest absolute Gasteiger partial charge is 0.151 e. The third kappa shape index (κ3) is 1.70. The predicted molar refractivity (Wildman–Crippen MR) is 75.6 cm³/mol. The van der Waals surface area contributed by atoms with E-state index in [9.17, 15) is 4.79 Å². The Morgan fingerprint density at radius 2 is 2.05 bits per heavy atom. The first-order valence-electron chi connectivity index (χ1n) is 6.23. The summed E-state index contributed by atoms with van der Waals surface area (Å²) in [7, 11) is 3.68. The lowest BCUT2D eigenvalue weighted by Crippen LogP contribution is -2.25. The quantitative estimate of drug-likeness (QED) is 0.759. The van der Waals surface area contributed by atoms with E-state index in [0.717, 1.165) is 40.1 Å². The molecule has 0 N–H and O–H groups in total. The minimum Gasteiger partial charge on any atom is -0.501 e. The van der Waals surface area contributed by atoms with Crippen molar-refractivity contribution >= 4 is 17.5 Å². The molecule has 1 aliphatic heterocycles. The van der Waals surface area contributed by atoms with Crippen molar-refractivity contribution in [3.05, 3.63) is 59.0 Å². The van der Waals surface area contributed by atoms with Gasteiger partial charge in [-0.2, -0.15) is 0 Å². The standard InChI is InChI=1S/C16H15NO2/c1-17-15-6-4-3-5-12(15)14(10-18)13-9-11(19-2)7-8-16(13)17/h3-8,10H,9H2,1-2H3. The normalized spacial score (nSPS) is 17.3. The minimum atomic E-state index is 0.662. The number of rotatable bonds is 2. The number of ether oxygens (including phenoxy) is 1. The van der Waals surface area contributed by atoms with Gasteiger partial charge in [-0.3, -0.25) is 4.79 Å².